The molecule has 0 aliphatic rings. The Kier molecular flexibility index (Phi) is 3.99. The van der Waals surface area contributed by atoms with Gasteiger partial charge in [0.15, 0.2) is 0 Å². The van der Waals surface area contributed by atoms with Crippen molar-refractivity contribution in [2.45, 2.75) is 17.4 Å². The molecule has 2 aromatic carbocycles. The normalized spacial score (nSPS) is 12.7. The van der Waals surface area contributed by atoms with Crippen LogP contribution >= 0.6 is 11.8 Å². The molecule has 0 saturated carbocycles. The largest absolute Gasteiger partial charge is 0.388 e. The predicted octanol–water partition coefficient (Wildman–Crippen LogP) is 3.57. The summed E-state index contributed by atoms with van der Waals surface area (Å²) < 4.78 is 1.87. The fraction of sp³-hybridized carbons (Fsp3) is 0.235. The summed E-state index contributed by atoms with van der Waals surface area (Å²) >= 11 is 1.70. The molecule has 3 nitrogen and oxygen atoms in total. The van der Waals surface area contributed by atoms with Crippen molar-refractivity contribution in [2.24, 2.45) is 7.05 Å². The first-order chi connectivity index (χ1) is 10.2. The monoisotopic (exact) mass is 298 g/mol. The molecule has 21 heavy (non-hydrogen) atoms. The van der Waals surface area contributed by atoms with Crippen molar-refractivity contribution in [2.75, 3.05) is 6.26 Å². The molecule has 1 heterocycles. The molecule has 0 fully saturated rings. The summed E-state index contributed by atoms with van der Waals surface area (Å²) in [7, 11) is 1.94. The van der Waals surface area contributed by atoms with E-state index >= 15 is 0 Å². The second-order valence-corrected chi connectivity index (χ2v) is 5.96. The van der Waals surface area contributed by atoms with Crippen LogP contribution in [0.2, 0.25) is 0 Å². The Balaban J connectivity index is 1.87. The van der Waals surface area contributed by atoms with Crippen molar-refractivity contribution in [3.63, 3.8) is 0 Å². The summed E-state index contributed by atoms with van der Waals surface area (Å²) in [6, 6.07) is 16.2. The van der Waals surface area contributed by atoms with Gasteiger partial charge in [0.1, 0.15) is 0 Å². The molecule has 0 radical (unpaired) electrons. The summed E-state index contributed by atoms with van der Waals surface area (Å²) in [5, 5.41) is 16.1. The molecular weight excluding hydrogens is 280 g/mol. The number of aromatic nitrogens is 2. The average Bonchev–Trinajstić information content (AvgIpc) is 2.84. The van der Waals surface area contributed by atoms with Gasteiger partial charge in [-0.2, -0.15) is 5.10 Å². The van der Waals surface area contributed by atoms with Crippen LogP contribution in [0, 0.1) is 0 Å². The SMILES string of the molecule is CSc1ccc(C(O)Cc2nn(C)c3ccccc23)cc1. The molecule has 108 valence electrons. The van der Waals surface area contributed by atoms with Crippen LogP contribution in [0.5, 0.6) is 0 Å². The third-order valence-corrected chi connectivity index (χ3v) is 4.47. The minimum absolute atomic E-state index is 0.528. The minimum atomic E-state index is -0.529. The van der Waals surface area contributed by atoms with Crippen LogP contribution in [0.25, 0.3) is 10.9 Å². The maximum atomic E-state index is 10.5. The zero-order chi connectivity index (χ0) is 14.8. The molecular formula is C17H18N2OS. The molecule has 1 atom stereocenters. The summed E-state index contributed by atoms with van der Waals surface area (Å²) in [4.78, 5) is 1.20. The highest BCUT2D eigenvalue weighted by Crippen LogP contribution is 2.25. The van der Waals surface area contributed by atoms with Crippen LogP contribution in [-0.2, 0) is 13.5 Å². The van der Waals surface area contributed by atoms with Gasteiger partial charge in [-0.05, 0) is 30.0 Å². The molecule has 0 aliphatic carbocycles. The second-order valence-electron chi connectivity index (χ2n) is 5.08. The lowest BCUT2D eigenvalue weighted by atomic mass is 10.0. The molecule has 0 saturated heterocycles. The highest BCUT2D eigenvalue weighted by atomic mass is 32.2. The van der Waals surface area contributed by atoms with Crippen molar-refractivity contribution in [1.82, 2.24) is 9.78 Å². The van der Waals surface area contributed by atoms with Gasteiger partial charge in [-0.25, -0.2) is 0 Å². The van der Waals surface area contributed by atoms with Gasteiger partial charge in [-0.1, -0.05) is 30.3 Å². The van der Waals surface area contributed by atoms with E-state index in [9.17, 15) is 5.11 Å². The van der Waals surface area contributed by atoms with E-state index in [4.69, 9.17) is 0 Å². The van der Waals surface area contributed by atoms with Crippen molar-refractivity contribution >= 4 is 22.7 Å². The molecule has 1 aromatic heterocycles. The van der Waals surface area contributed by atoms with Gasteiger partial charge in [0.25, 0.3) is 0 Å². The van der Waals surface area contributed by atoms with Gasteiger partial charge >= 0.3 is 0 Å². The van der Waals surface area contributed by atoms with Crippen LogP contribution in [0.1, 0.15) is 17.4 Å². The highest BCUT2D eigenvalue weighted by Gasteiger charge is 2.14. The molecule has 0 aliphatic heterocycles. The van der Waals surface area contributed by atoms with E-state index in [1.165, 1.54) is 4.90 Å². The molecule has 0 spiro atoms. The smallest absolute Gasteiger partial charge is 0.0846 e. The lowest BCUT2D eigenvalue weighted by Gasteiger charge is -2.10. The number of para-hydroxylation sites is 1. The Hall–Kier alpha value is -1.78. The maximum absolute atomic E-state index is 10.5. The third kappa shape index (κ3) is 2.82. The Labute approximate surface area is 128 Å². The van der Waals surface area contributed by atoms with Crippen LogP contribution in [0.4, 0.5) is 0 Å². The Morgan fingerprint density at radius 2 is 1.86 bits per heavy atom. The number of fused-ring (bicyclic) bond motifs is 1. The summed E-state index contributed by atoms with van der Waals surface area (Å²) in [5.41, 5.74) is 2.97. The van der Waals surface area contributed by atoms with Gasteiger partial charge in [0, 0.05) is 23.8 Å². The lowest BCUT2D eigenvalue weighted by molar-refractivity contribution is 0.177. The fourth-order valence-corrected chi connectivity index (χ4v) is 2.97. The van der Waals surface area contributed by atoms with E-state index in [2.05, 4.69) is 11.2 Å². The van der Waals surface area contributed by atoms with E-state index in [0.717, 1.165) is 22.2 Å². The Morgan fingerprint density at radius 1 is 1.14 bits per heavy atom. The van der Waals surface area contributed by atoms with Crippen LogP contribution in [0.3, 0.4) is 0 Å². The summed E-state index contributed by atoms with van der Waals surface area (Å²) in [6.07, 6.45) is 2.05. The minimum Gasteiger partial charge on any atom is -0.388 e. The van der Waals surface area contributed by atoms with E-state index in [0.29, 0.717) is 6.42 Å². The third-order valence-electron chi connectivity index (χ3n) is 3.72. The number of aliphatic hydroxyl groups excluding tert-OH is 1. The highest BCUT2D eigenvalue weighted by molar-refractivity contribution is 7.98. The number of nitrogens with zero attached hydrogens (tertiary/aromatic N) is 2. The van der Waals surface area contributed by atoms with Crippen molar-refractivity contribution in [3.05, 3.63) is 59.8 Å². The quantitative estimate of drug-likeness (QED) is 0.748. The molecule has 0 bridgehead atoms. The lowest BCUT2D eigenvalue weighted by Crippen LogP contribution is -2.03. The van der Waals surface area contributed by atoms with E-state index in [-0.39, 0.29) is 0 Å². The molecule has 4 heteroatoms. The van der Waals surface area contributed by atoms with Gasteiger partial charge in [-0.3, -0.25) is 4.68 Å². The zero-order valence-electron chi connectivity index (χ0n) is 12.2. The molecule has 3 rings (SSSR count). The average molecular weight is 298 g/mol. The van der Waals surface area contributed by atoms with Gasteiger partial charge in [0.2, 0.25) is 0 Å². The number of rotatable bonds is 4. The van der Waals surface area contributed by atoms with Crippen LogP contribution < -0.4 is 0 Å². The van der Waals surface area contributed by atoms with E-state index in [1.807, 2.05) is 60.4 Å². The van der Waals surface area contributed by atoms with Gasteiger partial charge < -0.3 is 5.11 Å². The number of aryl methyl sites for hydroxylation is 1. The van der Waals surface area contributed by atoms with Crippen molar-refractivity contribution in [3.8, 4) is 0 Å². The van der Waals surface area contributed by atoms with Crippen molar-refractivity contribution < 1.29 is 5.11 Å². The van der Waals surface area contributed by atoms with Gasteiger partial charge in [-0.15, -0.1) is 11.8 Å². The van der Waals surface area contributed by atoms with Crippen molar-refractivity contribution in [1.29, 1.82) is 0 Å². The van der Waals surface area contributed by atoms with E-state index < -0.39 is 6.10 Å². The van der Waals surface area contributed by atoms with Gasteiger partial charge in [0.05, 0.1) is 17.3 Å². The number of thioether (sulfide) groups is 1. The predicted molar refractivity (Wildman–Crippen MR) is 87.6 cm³/mol. The first-order valence-electron chi connectivity index (χ1n) is 6.91. The number of benzene rings is 2. The van der Waals surface area contributed by atoms with Crippen LogP contribution in [-0.4, -0.2) is 21.1 Å². The number of hydrogen-bond acceptors (Lipinski definition) is 3. The Bertz CT molecular complexity index is 749. The number of hydrogen-bond donors (Lipinski definition) is 1. The first kappa shape index (κ1) is 14.2. The molecule has 3 aromatic rings. The number of aliphatic hydroxyl groups is 1. The topological polar surface area (TPSA) is 38.1 Å². The summed E-state index contributed by atoms with van der Waals surface area (Å²) in [5.74, 6) is 0. The Morgan fingerprint density at radius 3 is 2.57 bits per heavy atom. The summed E-state index contributed by atoms with van der Waals surface area (Å²) in [6.45, 7) is 0. The second kappa shape index (κ2) is 5.92. The zero-order valence-corrected chi connectivity index (χ0v) is 13.0. The molecule has 1 unspecified atom stereocenters. The molecule has 0 amide bonds. The maximum Gasteiger partial charge on any atom is 0.0846 e. The van der Waals surface area contributed by atoms with E-state index in [1.54, 1.807) is 11.8 Å². The first-order valence-corrected chi connectivity index (χ1v) is 8.14. The fourth-order valence-electron chi connectivity index (χ4n) is 2.57. The standard InChI is InChI=1S/C17H18N2OS/c1-19-16-6-4-3-5-14(16)15(18-19)11-17(20)12-7-9-13(21-2)10-8-12/h3-10,17,20H,11H2,1-2H3. The van der Waals surface area contributed by atoms with Crippen LogP contribution in [0.15, 0.2) is 53.4 Å². The molecule has 1 N–H and O–H groups in total.